The lowest BCUT2D eigenvalue weighted by atomic mass is 10.0. The molecule has 42 heavy (non-hydrogen) atoms. The molecule has 216 valence electrons. The van der Waals surface area contributed by atoms with E-state index in [0.29, 0.717) is 38.7 Å². The van der Waals surface area contributed by atoms with Gasteiger partial charge in [-0.25, -0.2) is 9.97 Å². The van der Waals surface area contributed by atoms with Gasteiger partial charge in [0.1, 0.15) is 11.8 Å². The van der Waals surface area contributed by atoms with Crippen LogP contribution < -0.4 is 19.5 Å². The van der Waals surface area contributed by atoms with Crippen molar-refractivity contribution in [2.45, 2.75) is 31.6 Å². The Morgan fingerprint density at radius 1 is 0.976 bits per heavy atom. The van der Waals surface area contributed by atoms with Crippen molar-refractivity contribution in [2.75, 3.05) is 25.0 Å². The number of carbonyl (C=O) groups excluding carboxylic acids is 2. The second kappa shape index (κ2) is 13.1. The smallest absolute Gasteiger partial charge is 0.251 e. The van der Waals surface area contributed by atoms with Crippen LogP contribution in [0.3, 0.4) is 0 Å². The monoisotopic (exact) mass is 604 g/mol. The van der Waals surface area contributed by atoms with Crippen molar-refractivity contribution in [2.24, 2.45) is 0 Å². The predicted octanol–water partition coefficient (Wildman–Crippen LogP) is 5.99. The van der Waals surface area contributed by atoms with Crippen LogP contribution in [0.5, 0.6) is 17.2 Å². The SMILES string of the molecule is COc1ccc(C(C(=O)Nc2ccc3c(c2)OCO3)N(Cc2ccc(Cl)cc2)C(=O)CSc2nc(C)cc(C)n2)cc1. The minimum Gasteiger partial charge on any atom is -0.497 e. The molecule has 1 unspecified atom stereocenters. The number of aryl methyl sites for hydroxylation is 2. The quantitative estimate of drug-likeness (QED) is 0.174. The Morgan fingerprint density at radius 2 is 1.67 bits per heavy atom. The summed E-state index contributed by atoms with van der Waals surface area (Å²) in [6.07, 6.45) is 0. The predicted molar refractivity (Wildman–Crippen MR) is 161 cm³/mol. The average Bonchev–Trinajstić information content (AvgIpc) is 3.44. The van der Waals surface area contributed by atoms with Gasteiger partial charge in [0.15, 0.2) is 16.7 Å². The Bertz CT molecular complexity index is 1560. The Kier molecular flexibility index (Phi) is 9.14. The van der Waals surface area contributed by atoms with Gasteiger partial charge in [-0.15, -0.1) is 0 Å². The fraction of sp³-hybridized carbons (Fsp3) is 0.226. The molecule has 0 spiro atoms. The Labute approximate surface area is 253 Å². The molecule has 0 bridgehead atoms. The number of fused-ring (bicyclic) bond motifs is 1. The number of halogens is 1. The normalized spacial score (nSPS) is 12.5. The number of hydrogen-bond donors (Lipinski definition) is 1. The summed E-state index contributed by atoms with van der Waals surface area (Å²) in [6, 6.07) is 20.3. The lowest BCUT2D eigenvalue weighted by Gasteiger charge is -2.31. The van der Waals surface area contributed by atoms with Gasteiger partial charge in [0.05, 0.1) is 12.9 Å². The largest absolute Gasteiger partial charge is 0.497 e. The maximum absolute atomic E-state index is 14.1. The number of carbonyl (C=O) groups is 2. The van der Waals surface area contributed by atoms with Gasteiger partial charge >= 0.3 is 0 Å². The number of amides is 2. The molecule has 1 N–H and O–H groups in total. The van der Waals surface area contributed by atoms with Gasteiger partial charge in [0, 0.05) is 34.7 Å². The van der Waals surface area contributed by atoms with Crippen LogP contribution in [-0.2, 0) is 16.1 Å². The number of methoxy groups -OCH3 is 1. The summed E-state index contributed by atoms with van der Waals surface area (Å²) in [5, 5.41) is 4.04. The van der Waals surface area contributed by atoms with Gasteiger partial charge in [-0.1, -0.05) is 47.6 Å². The highest BCUT2D eigenvalue weighted by Gasteiger charge is 2.32. The highest BCUT2D eigenvalue weighted by Crippen LogP contribution is 2.35. The van der Waals surface area contributed by atoms with Crippen LogP contribution >= 0.6 is 23.4 Å². The van der Waals surface area contributed by atoms with Crippen molar-refractivity contribution in [3.8, 4) is 17.2 Å². The standard InChI is InChI=1S/C31H29ClN4O5S/c1-19-14-20(2)34-31(33-19)42-17-28(37)36(16-21-4-8-23(32)9-5-21)29(22-6-11-25(39-3)12-7-22)30(38)35-24-10-13-26-27(15-24)41-18-40-26/h4-15,29H,16-18H2,1-3H3,(H,35,38). The zero-order valence-corrected chi connectivity index (χ0v) is 24.9. The molecule has 9 nitrogen and oxygen atoms in total. The van der Waals surface area contributed by atoms with E-state index in [1.54, 1.807) is 66.6 Å². The molecule has 0 aliphatic carbocycles. The van der Waals surface area contributed by atoms with E-state index < -0.39 is 11.9 Å². The zero-order chi connectivity index (χ0) is 29.6. The third-order valence-corrected chi connectivity index (χ3v) is 7.59. The molecule has 2 heterocycles. The van der Waals surface area contributed by atoms with E-state index in [0.717, 1.165) is 17.0 Å². The van der Waals surface area contributed by atoms with E-state index in [9.17, 15) is 9.59 Å². The molecule has 0 radical (unpaired) electrons. The molecular formula is C31H29ClN4O5S. The van der Waals surface area contributed by atoms with E-state index in [2.05, 4.69) is 15.3 Å². The summed E-state index contributed by atoms with van der Waals surface area (Å²) in [4.78, 5) is 38.5. The number of nitrogens with one attached hydrogen (secondary N) is 1. The minimum atomic E-state index is -0.981. The van der Waals surface area contributed by atoms with Gasteiger partial charge in [-0.05, 0) is 67.4 Å². The first-order valence-corrected chi connectivity index (χ1v) is 14.5. The van der Waals surface area contributed by atoms with Crippen LogP contribution in [0, 0.1) is 13.8 Å². The average molecular weight is 605 g/mol. The van der Waals surface area contributed by atoms with Crippen molar-refractivity contribution >= 4 is 40.9 Å². The minimum absolute atomic E-state index is 0.0282. The first-order chi connectivity index (χ1) is 20.3. The third-order valence-electron chi connectivity index (χ3n) is 6.50. The Hall–Kier alpha value is -4.28. The first-order valence-electron chi connectivity index (χ1n) is 13.1. The lowest BCUT2D eigenvalue weighted by molar-refractivity contribution is -0.137. The summed E-state index contributed by atoms with van der Waals surface area (Å²) in [5.41, 5.74) is 3.57. The van der Waals surface area contributed by atoms with Crippen LogP contribution in [0.2, 0.25) is 5.02 Å². The van der Waals surface area contributed by atoms with Crippen molar-refractivity contribution in [1.82, 2.24) is 14.9 Å². The van der Waals surface area contributed by atoms with Crippen LogP contribution in [0.15, 0.2) is 78.0 Å². The molecule has 1 aromatic heterocycles. The molecule has 0 saturated carbocycles. The molecule has 0 fully saturated rings. The van der Waals surface area contributed by atoms with Crippen molar-refractivity contribution in [3.05, 3.63) is 100 Å². The van der Waals surface area contributed by atoms with Gasteiger partial charge in [0.2, 0.25) is 12.7 Å². The molecule has 0 saturated heterocycles. The molecule has 2 amide bonds. The van der Waals surface area contributed by atoms with Crippen LogP contribution in [-0.4, -0.2) is 46.3 Å². The fourth-order valence-corrected chi connectivity index (χ4v) is 5.48. The number of benzene rings is 3. The van der Waals surface area contributed by atoms with E-state index in [-0.39, 0.29) is 25.0 Å². The van der Waals surface area contributed by atoms with E-state index in [1.165, 1.54) is 11.8 Å². The van der Waals surface area contributed by atoms with E-state index >= 15 is 0 Å². The highest BCUT2D eigenvalue weighted by molar-refractivity contribution is 7.99. The Balaban J connectivity index is 1.49. The summed E-state index contributed by atoms with van der Waals surface area (Å²) >= 11 is 7.36. The second-order valence-corrected chi connectivity index (χ2v) is 11.0. The van der Waals surface area contributed by atoms with Crippen molar-refractivity contribution < 1.29 is 23.8 Å². The Morgan fingerprint density at radius 3 is 2.36 bits per heavy atom. The van der Waals surface area contributed by atoms with Gasteiger partial charge in [-0.3, -0.25) is 9.59 Å². The maximum Gasteiger partial charge on any atom is 0.251 e. The lowest BCUT2D eigenvalue weighted by Crippen LogP contribution is -2.41. The number of nitrogens with zero attached hydrogens (tertiary/aromatic N) is 3. The summed E-state index contributed by atoms with van der Waals surface area (Å²) in [5.74, 6) is 1.14. The van der Waals surface area contributed by atoms with E-state index in [4.69, 9.17) is 25.8 Å². The van der Waals surface area contributed by atoms with Crippen molar-refractivity contribution in [1.29, 1.82) is 0 Å². The number of hydrogen-bond acceptors (Lipinski definition) is 8. The molecule has 4 aromatic rings. The second-order valence-electron chi connectivity index (χ2n) is 9.60. The molecule has 1 atom stereocenters. The summed E-state index contributed by atoms with van der Waals surface area (Å²) < 4.78 is 16.2. The molecule has 5 rings (SSSR count). The first kappa shape index (κ1) is 29.2. The number of thioether (sulfide) groups is 1. The highest BCUT2D eigenvalue weighted by atomic mass is 35.5. The molecule has 3 aromatic carbocycles. The number of anilines is 1. The van der Waals surface area contributed by atoms with Crippen molar-refractivity contribution in [3.63, 3.8) is 0 Å². The van der Waals surface area contributed by atoms with Gasteiger partial charge < -0.3 is 24.4 Å². The van der Waals surface area contributed by atoms with Gasteiger partial charge in [-0.2, -0.15) is 0 Å². The number of rotatable bonds is 10. The van der Waals surface area contributed by atoms with Crippen LogP contribution in [0.4, 0.5) is 5.69 Å². The number of aromatic nitrogens is 2. The molecule has 1 aliphatic rings. The molecular weight excluding hydrogens is 576 g/mol. The zero-order valence-electron chi connectivity index (χ0n) is 23.3. The third kappa shape index (κ3) is 7.13. The summed E-state index contributed by atoms with van der Waals surface area (Å²) in [7, 11) is 1.57. The summed E-state index contributed by atoms with van der Waals surface area (Å²) in [6.45, 7) is 4.04. The number of ether oxygens (including phenoxy) is 3. The van der Waals surface area contributed by atoms with Crippen LogP contribution in [0.25, 0.3) is 0 Å². The van der Waals surface area contributed by atoms with Gasteiger partial charge in [0.25, 0.3) is 5.91 Å². The fourth-order valence-electron chi connectivity index (χ4n) is 4.52. The molecule has 1 aliphatic heterocycles. The van der Waals surface area contributed by atoms with E-state index in [1.807, 2.05) is 32.0 Å². The van der Waals surface area contributed by atoms with Crippen LogP contribution in [0.1, 0.15) is 28.6 Å². The topological polar surface area (TPSA) is 103 Å². The molecule has 11 heteroatoms. The maximum atomic E-state index is 14.1.